The second-order valence-electron chi connectivity index (χ2n) is 5.98. The molecule has 2 aliphatic heterocycles. The molecule has 1 atom stereocenters. The first-order valence-corrected chi connectivity index (χ1v) is 7.94. The molecule has 1 aromatic carbocycles. The van der Waals surface area contributed by atoms with Crippen molar-refractivity contribution in [2.45, 2.75) is 19.4 Å². The number of aromatic nitrogens is 1. The number of nitrogens with one attached hydrogen (secondary N) is 1. The number of carbonyl (C=O) groups is 1. The molecule has 0 saturated carbocycles. The van der Waals surface area contributed by atoms with E-state index in [2.05, 4.69) is 41.4 Å². The van der Waals surface area contributed by atoms with E-state index in [1.807, 2.05) is 11.0 Å². The number of carbonyl (C=O) groups excluding carboxylic acids is 1. The van der Waals surface area contributed by atoms with Crippen LogP contribution in [-0.2, 0) is 6.42 Å². The van der Waals surface area contributed by atoms with Gasteiger partial charge in [0.05, 0.1) is 11.6 Å². The summed E-state index contributed by atoms with van der Waals surface area (Å²) in [6.07, 6.45) is 0.932. The van der Waals surface area contributed by atoms with Gasteiger partial charge in [0.1, 0.15) is 0 Å². The lowest BCUT2D eigenvalue weighted by Crippen LogP contribution is -2.52. The number of aryl methyl sites for hydroxylation is 1. The number of benzene rings is 1. The fourth-order valence-corrected chi connectivity index (χ4v) is 3.48. The number of para-hydroxylation sites is 1. The summed E-state index contributed by atoms with van der Waals surface area (Å²) in [5.41, 5.74) is 3.43. The first kappa shape index (κ1) is 13.4. The molecule has 2 saturated heterocycles. The Labute approximate surface area is 129 Å². The van der Waals surface area contributed by atoms with Gasteiger partial charge in [0.2, 0.25) is 0 Å². The van der Waals surface area contributed by atoms with Crippen molar-refractivity contribution in [1.29, 1.82) is 0 Å². The zero-order valence-corrected chi connectivity index (χ0v) is 12.7. The van der Waals surface area contributed by atoms with Gasteiger partial charge < -0.3 is 15.1 Å². The molecule has 5 heteroatoms. The molecule has 3 heterocycles. The van der Waals surface area contributed by atoms with Crippen LogP contribution in [0.25, 0.3) is 10.9 Å². The predicted molar refractivity (Wildman–Crippen MR) is 87.2 cm³/mol. The van der Waals surface area contributed by atoms with Crippen LogP contribution < -0.4 is 10.2 Å². The average Bonchev–Trinajstić information content (AvgIpc) is 2.94. The highest BCUT2D eigenvalue weighted by atomic mass is 16.2. The number of nitrogens with zero attached hydrogens (tertiary/aromatic N) is 3. The largest absolute Gasteiger partial charge is 0.367 e. The fraction of sp³-hybridized carbons (Fsp3) is 0.412. The summed E-state index contributed by atoms with van der Waals surface area (Å²) in [7, 11) is 0. The molecule has 1 aromatic heterocycles. The standard InChI is InChI=1S/C17H20N4O/c1-2-12-9-16(14-5-3-4-6-15(14)19-12)20-7-8-21-13(11-20)10-18-17(21)22/h3-6,9,13H,2,7-8,10-11H2,1H3,(H,18,22). The van der Waals surface area contributed by atoms with Crippen LogP contribution in [0, 0.1) is 0 Å². The normalized spacial score (nSPS) is 21.1. The monoisotopic (exact) mass is 296 g/mol. The van der Waals surface area contributed by atoms with E-state index in [0.717, 1.165) is 43.8 Å². The van der Waals surface area contributed by atoms with Crippen molar-refractivity contribution in [1.82, 2.24) is 15.2 Å². The zero-order valence-electron chi connectivity index (χ0n) is 12.7. The van der Waals surface area contributed by atoms with Gasteiger partial charge in [0.15, 0.2) is 0 Å². The topological polar surface area (TPSA) is 48.5 Å². The van der Waals surface area contributed by atoms with Crippen LogP contribution >= 0.6 is 0 Å². The number of pyridine rings is 1. The van der Waals surface area contributed by atoms with Crippen LogP contribution in [0.15, 0.2) is 30.3 Å². The van der Waals surface area contributed by atoms with Crippen molar-refractivity contribution < 1.29 is 4.79 Å². The molecular formula is C17H20N4O. The summed E-state index contributed by atoms with van der Waals surface area (Å²) in [5, 5.41) is 4.14. The highest BCUT2D eigenvalue weighted by Crippen LogP contribution is 2.29. The summed E-state index contributed by atoms with van der Waals surface area (Å²) in [6.45, 7) is 5.43. The van der Waals surface area contributed by atoms with Crippen LogP contribution in [0.5, 0.6) is 0 Å². The number of amides is 2. The van der Waals surface area contributed by atoms with Crippen LogP contribution in [0.4, 0.5) is 10.5 Å². The van der Waals surface area contributed by atoms with Gasteiger partial charge in [-0.1, -0.05) is 25.1 Å². The quantitative estimate of drug-likeness (QED) is 0.922. The third kappa shape index (κ3) is 2.08. The summed E-state index contributed by atoms with van der Waals surface area (Å²) in [5.74, 6) is 0. The van der Waals surface area contributed by atoms with E-state index in [-0.39, 0.29) is 12.1 Å². The van der Waals surface area contributed by atoms with Gasteiger partial charge in [-0.05, 0) is 18.6 Å². The number of hydrogen-bond donors (Lipinski definition) is 1. The molecule has 0 bridgehead atoms. The maximum atomic E-state index is 11.8. The van der Waals surface area contributed by atoms with Crippen molar-refractivity contribution in [2.75, 3.05) is 31.1 Å². The van der Waals surface area contributed by atoms with Crippen molar-refractivity contribution in [2.24, 2.45) is 0 Å². The minimum absolute atomic E-state index is 0.0819. The van der Waals surface area contributed by atoms with Crippen molar-refractivity contribution in [3.05, 3.63) is 36.0 Å². The Morgan fingerprint density at radius 2 is 2.18 bits per heavy atom. The van der Waals surface area contributed by atoms with Gasteiger partial charge in [-0.3, -0.25) is 4.98 Å². The Hall–Kier alpha value is -2.30. The smallest absolute Gasteiger partial charge is 0.317 e. The Morgan fingerprint density at radius 3 is 3.05 bits per heavy atom. The Bertz CT molecular complexity index is 730. The number of hydrogen-bond acceptors (Lipinski definition) is 3. The van der Waals surface area contributed by atoms with Crippen LogP contribution in [-0.4, -0.2) is 48.1 Å². The van der Waals surface area contributed by atoms with Gasteiger partial charge in [0.25, 0.3) is 0 Å². The second-order valence-corrected chi connectivity index (χ2v) is 5.98. The lowest BCUT2D eigenvalue weighted by atomic mass is 10.1. The molecule has 2 fully saturated rings. The van der Waals surface area contributed by atoms with Gasteiger partial charge >= 0.3 is 6.03 Å². The van der Waals surface area contributed by atoms with E-state index in [4.69, 9.17) is 4.98 Å². The molecule has 0 spiro atoms. The van der Waals surface area contributed by atoms with Gasteiger partial charge in [-0.2, -0.15) is 0 Å². The van der Waals surface area contributed by atoms with E-state index in [1.165, 1.54) is 11.1 Å². The number of fused-ring (bicyclic) bond motifs is 2. The molecule has 2 aliphatic rings. The molecule has 5 nitrogen and oxygen atoms in total. The Morgan fingerprint density at radius 1 is 1.32 bits per heavy atom. The maximum Gasteiger partial charge on any atom is 0.317 e. The first-order valence-electron chi connectivity index (χ1n) is 7.94. The van der Waals surface area contributed by atoms with E-state index in [9.17, 15) is 4.79 Å². The average molecular weight is 296 g/mol. The third-order valence-electron chi connectivity index (χ3n) is 4.68. The van der Waals surface area contributed by atoms with E-state index in [0.29, 0.717) is 0 Å². The SMILES string of the molecule is CCc1cc(N2CCN3C(=O)NCC3C2)c2ccccc2n1. The minimum Gasteiger partial charge on any atom is -0.367 e. The minimum atomic E-state index is 0.0819. The van der Waals surface area contributed by atoms with Crippen LogP contribution in [0.2, 0.25) is 0 Å². The summed E-state index contributed by atoms with van der Waals surface area (Å²) >= 11 is 0. The Balaban J connectivity index is 1.73. The van der Waals surface area contributed by atoms with E-state index in [1.54, 1.807) is 0 Å². The number of rotatable bonds is 2. The predicted octanol–water partition coefficient (Wildman–Crippen LogP) is 2.01. The molecule has 4 rings (SSSR count). The lowest BCUT2D eigenvalue weighted by molar-refractivity contribution is 0.198. The van der Waals surface area contributed by atoms with Crippen molar-refractivity contribution in [3.8, 4) is 0 Å². The van der Waals surface area contributed by atoms with E-state index >= 15 is 0 Å². The summed E-state index contributed by atoms with van der Waals surface area (Å²) in [4.78, 5) is 20.8. The van der Waals surface area contributed by atoms with E-state index < -0.39 is 0 Å². The fourth-order valence-electron chi connectivity index (χ4n) is 3.48. The number of piperazine rings is 1. The van der Waals surface area contributed by atoms with Gasteiger partial charge in [0, 0.05) is 42.9 Å². The zero-order chi connectivity index (χ0) is 15.1. The van der Waals surface area contributed by atoms with Gasteiger partial charge in [-0.25, -0.2) is 4.79 Å². The summed E-state index contributed by atoms with van der Waals surface area (Å²) in [6, 6.07) is 10.9. The van der Waals surface area contributed by atoms with Crippen LogP contribution in [0.1, 0.15) is 12.6 Å². The summed E-state index contributed by atoms with van der Waals surface area (Å²) < 4.78 is 0. The molecule has 22 heavy (non-hydrogen) atoms. The number of anilines is 1. The number of urea groups is 1. The van der Waals surface area contributed by atoms with Crippen molar-refractivity contribution >= 4 is 22.6 Å². The van der Waals surface area contributed by atoms with Crippen LogP contribution in [0.3, 0.4) is 0 Å². The highest BCUT2D eigenvalue weighted by molar-refractivity contribution is 5.92. The second kappa shape index (κ2) is 5.16. The van der Waals surface area contributed by atoms with Crippen molar-refractivity contribution in [3.63, 3.8) is 0 Å². The Kier molecular flexibility index (Phi) is 3.13. The molecule has 2 amide bonds. The molecule has 0 radical (unpaired) electrons. The third-order valence-corrected chi connectivity index (χ3v) is 4.68. The molecular weight excluding hydrogens is 276 g/mol. The highest BCUT2D eigenvalue weighted by Gasteiger charge is 2.35. The molecule has 1 unspecified atom stereocenters. The molecule has 1 N–H and O–H groups in total. The molecule has 0 aliphatic carbocycles. The van der Waals surface area contributed by atoms with Gasteiger partial charge in [-0.15, -0.1) is 0 Å². The maximum absolute atomic E-state index is 11.8. The first-order chi connectivity index (χ1) is 10.8. The molecule has 114 valence electrons. The lowest BCUT2D eigenvalue weighted by Gasteiger charge is -2.38. The molecule has 2 aromatic rings.